The summed E-state index contributed by atoms with van der Waals surface area (Å²) in [5.41, 5.74) is 0.927. The van der Waals surface area contributed by atoms with E-state index in [4.69, 9.17) is 0 Å². The van der Waals surface area contributed by atoms with Crippen LogP contribution < -0.4 is 5.32 Å². The van der Waals surface area contributed by atoms with Crippen molar-refractivity contribution in [1.82, 2.24) is 10.2 Å². The predicted molar refractivity (Wildman–Crippen MR) is 78.7 cm³/mol. The molecule has 0 saturated carbocycles. The zero-order valence-electron chi connectivity index (χ0n) is 12.4. The number of carbonyl (C=O) groups is 4. The van der Waals surface area contributed by atoms with Crippen molar-refractivity contribution >= 4 is 23.5 Å². The number of benzene rings is 1. The number of likely N-dealkylation sites (tertiary alicyclic amines) is 1. The summed E-state index contributed by atoms with van der Waals surface area (Å²) in [6, 6.07) is 8.66. The van der Waals surface area contributed by atoms with Crippen LogP contribution in [0.4, 0.5) is 0 Å². The molecule has 1 aliphatic heterocycles. The van der Waals surface area contributed by atoms with Crippen LogP contribution >= 0.6 is 0 Å². The average molecular weight is 302 g/mol. The van der Waals surface area contributed by atoms with Gasteiger partial charge in [0.25, 0.3) is 0 Å². The van der Waals surface area contributed by atoms with E-state index in [0.717, 1.165) is 10.5 Å². The van der Waals surface area contributed by atoms with Crippen molar-refractivity contribution in [2.24, 2.45) is 0 Å². The number of ketones is 1. The topological polar surface area (TPSA) is 83.6 Å². The molecule has 1 saturated heterocycles. The Morgan fingerprint density at radius 1 is 1.14 bits per heavy atom. The Kier molecular flexibility index (Phi) is 5.04. The molecule has 3 amide bonds. The van der Waals surface area contributed by atoms with Crippen LogP contribution in [0, 0.1) is 0 Å². The van der Waals surface area contributed by atoms with E-state index in [0.29, 0.717) is 6.42 Å². The quantitative estimate of drug-likeness (QED) is 0.773. The number of carbonyl (C=O) groups excluding carboxylic acids is 4. The molecule has 0 aliphatic carbocycles. The maximum Gasteiger partial charge on any atom is 0.240 e. The molecule has 0 spiro atoms. The third-order valence-corrected chi connectivity index (χ3v) is 3.57. The summed E-state index contributed by atoms with van der Waals surface area (Å²) >= 11 is 0. The van der Waals surface area contributed by atoms with Crippen LogP contribution in [0.1, 0.15) is 25.3 Å². The van der Waals surface area contributed by atoms with Crippen molar-refractivity contribution in [2.45, 2.75) is 32.2 Å². The van der Waals surface area contributed by atoms with Gasteiger partial charge >= 0.3 is 0 Å². The highest BCUT2D eigenvalue weighted by molar-refractivity contribution is 6.04. The highest BCUT2D eigenvalue weighted by Gasteiger charge is 2.31. The van der Waals surface area contributed by atoms with Gasteiger partial charge in [-0.2, -0.15) is 0 Å². The van der Waals surface area contributed by atoms with Crippen LogP contribution in [0.5, 0.6) is 0 Å². The maximum absolute atomic E-state index is 12.0. The summed E-state index contributed by atoms with van der Waals surface area (Å²) in [6.45, 7) is 1.08. The highest BCUT2D eigenvalue weighted by atomic mass is 16.2. The summed E-state index contributed by atoms with van der Waals surface area (Å²) in [4.78, 5) is 47.6. The lowest BCUT2D eigenvalue weighted by molar-refractivity contribution is -0.142. The number of nitrogens with zero attached hydrogens (tertiary/aromatic N) is 1. The van der Waals surface area contributed by atoms with Crippen LogP contribution in [-0.4, -0.2) is 41.0 Å². The van der Waals surface area contributed by atoms with Crippen molar-refractivity contribution in [3.05, 3.63) is 35.9 Å². The average Bonchev–Trinajstić information content (AvgIpc) is 2.79. The lowest BCUT2D eigenvalue weighted by Crippen LogP contribution is -2.47. The molecule has 1 fully saturated rings. The third-order valence-electron chi connectivity index (χ3n) is 3.57. The van der Waals surface area contributed by atoms with E-state index in [1.165, 1.54) is 6.92 Å². The Hall–Kier alpha value is -2.50. The summed E-state index contributed by atoms with van der Waals surface area (Å²) in [5.74, 6) is -1.36. The second-order valence-corrected chi connectivity index (χ2v) is 5.29. The third kappa shape index (κ3) is 4.00. The van der Waals surface area contributed by atoms with Gasteiger partial charge in [-0.05, 0) is 18.9 Å². The van der Waals surface area contributed by atoms with Crippen LogP contribution in [0.15, 0.2) is 30.3 Å². The normalized spacial score (nSPS) is 15.8. The molecule has 1 aromatic carbocycles. The molecule has 1 aliphatic rings. The molecule has 1 heterocycles. The molecular weight excluding hydrogens is 284 g/mol. The first kappa shape index (κ1) is 15.9. The number of amides is 3. The fourth-order valence-electron chi connectivity index (χ4n) is 2.33. The minimum Gasteiger partial charge on any atom is -0.344 e. The van der Waals surface area contributed by atoms with Crippen molar-refractivity contribution in [3.63, 3.8) is 0 Å². The summed E-state index contributed by atoms with van der Waals surface area (Å²) in [5, 5.41) is 2.60. The van der Waals surface area contributed by atoms with Crippen LogP contribution in [0.2, 0.25) is 0 Å². The molecule has 0 unspecified atom stereocenters. The van der Waals surface area contributed by atoms with Crippen molar-refractivity contribution in [3.8, 4) is 0 Å². The van der Waals surface area contributed by atoms with Crippen LogP contribution in [-0.2, 0) is 25.6 Å². The molecule has 0 aromatic heterocycles. The van der Waals surface area contributed by atoms with Gasteiger partial charge in [-0.1, -0.05) is 30.3 Å². The Labute approximate surface area is 128 Å². The number of Topliss-reactive ketones (excluding diaryl/α,β-unsaturated/α-hetero) is 1. The van der Waals surface area contributed by atoms with E-state index in [1.54, 1.807) is 0 Å². The molecule has 22 heavy (non-hydrogen) atoms. The number of hydrogen-bond acceptors (Lipinski definition) is 4. The van der Waals surface area contributed by atoms with Gasteiger partial charge in [-0.3, -0.25) is 24.1 Å². The molecule has 0 bridgehead atoms. The Morgan fingerprint density at radius 2 is 1.73 bits per heavy atom. The van der Waals surface area contributed by atoms with Gasteiger partial charge < -0.3 is 5.32 Å². The smallest absolute Gasteiger partial charge is 0.240 e. The number of hydrogen-bond donors (Lipinski definition) is 1. The predicted octanol–water partition coefficient (Wildman–Crippen LogP) is 0.452. The second-order valence-electron chi connectivity index (χ2n) is 5.29. The first-order chi connectivity index (χ1) is 10.5. The van der Waals surface area contributed by atoms with E-state index in [1.807, 2.05) is 30.3 Å². The summed E-state index contributed by atoms with van der Waals surface area (Å²) in [6.07, 6.45) is 0.669. The summed E-state index contributed by atoms with van der Waals surface area (Å²) in [7, 11) is 0. The number of nitrogens with one attached hydrogen (secondary N) is 1. The largest absolute Gasteiger partial charge is 0.344 e. The van der Waals surface area contributed by atoms with E-state index in [-0.39, 0.29) is 37.0 Å². The lowest BCUT2D eigenvalue weighted by atomic mass is 10.0. The number of imide groups is 1. The van der Waals surface area contributed by atoms with Crippen molar-refractivity contribution < 1.29 is 19.2 Å². The Bertz CT molecular complexity index is 581. The van der Waals surface area contributed by atoms with E-state index < -0.39 is 11.9 Å². The second kappa shape index (κ2) is 6.98. The van der Waals surface area contributed by atoms with Crippen molar-refractivity contribution in [2.75, 3.05) is 6.54 Å². The molecule has 0 radical (unpaired) electrons. The molecule has 1 atom stereocenters. The molecule has 1 aromatic rings. The van der Waals surface area contributed by atoms with Gasteiger partial charge in [0.2, 0.25) is 17.7 Å². The Balaban J connectivity index is 1.96. The van der Waals surface area contributed by atoms with Crippen LogP contribution in [0.3, 0.4) is 0 Å². The molecule has 2 rings (SSSR count). The van der Waals surface area contributed by atoms with Gasteiger partial charge in [0, 0.05) is 12.8 Å². The van der Waals surface area contributed by atoms with Gasteiger partial charge in [-0.25, -0.2) is 0 Å². The highest BCUT2D eigenvalue weighted by Crippen LogP contribution is 2.11. The standard InChI is InChI=1S/C16H18N2O4/c1-11(19)13(9-12-5-3-2-4-6-12)17-14(20)10-18-15(21)7-8-16(18)22/h2-6,13H,7-10H2,1H3,(H,17,20)/t13-/m0/s1. The molecule has 116 valence electrons. The molecule has 6 nitrogen and oxygen atoms in total. The minimum absolute atomic E-state index is 0.145. The zero-order valence-corrected chi connectivity index (χ0v) is 12.4. The monoisotopic (exact) mass is 302 g/mol. The van der Waals surface area contributed by atoms with Crippen molar-refractivity contribution in [1.29, 1.82) is 0 Å². The molecule has 1 N–H and O–H groups in total. The SMILES string of the molecule is CC(=O)[C@H](Cc1ccccc1)NC(=O)CN1C(=O)CCC1=O. The molecule has 6 heteroatoms. The van der Waals surface area contributed by atoms with E-state index >= 15 is 0 Å². The van der Waals surface area contributed by atoms with Crippen LogP contribution in [0.25, 0.3) is 0 Å². The maximum atomic E-state index is 12.0. The van der Waals surface area contributed by atoms with E-state index in [9.17, 15) is 19.2 Å². The first-order valence-corrected chi connectivity index (χ1v) is 7.14. The minimum atomic E-state index is -0.664. The van der Waals surface area contributed by atoms with Gasteiger partial charge in [0.15, 0.2) is 5.78 Å². The zero-order chi connectivity index (χ0) is 16.1. The fourth-order valence-corrected chi connectivity index (χ4v) is 2.33. The first-order valence-electron chi connectivity index (χ1n) is 7.14. The Morgan fingerprint density at radius 3 is 2.27 bits per heavy atom. The molecular formula is C16H18N2O4. The van der Waals surface area contributed by atoms with Gasteiger partial charge in [-0.15, -0.1) is 0 Å². The number of rotatable bonds is 6. The lowest BCUT2D eigenvalue weighted by Gasteiger charge is -2.18. The van der Waals surface area contributed by atoms with Gasteiger partial charge in [0.1, 0.15) is 6.54 Å². The van der Waals surface area contributed by atoms with E-state index in [2.05, 4.69) is 5.32 Å². The fraction of sp³-hybridized carbons (Fsp3) is 0.375. The summed E-state index contributed by atoms with van der Waals surface area (Å²) < 4.78 is 0. The van der Waals surface area contributed by atoms with Gasteiger partial charge in [0.05, 0.1) is 6.04 Å².